The Kier molecular flexibility index (Phi) is 2.10. The van der Waals surface area contributed by atoms with Crippen LogP contribution >= 0.6 is 0 Å². The molecular formula is C14H19N. The molecule has 1 aromatic carbocycles. The van der Waals surface area contributed by atoms with E-state index in [1.54, 1.807) is 11.1 Å². The maximum atomic E-state index is 2.51. The number of nitrogens with zero attached hydrogens (tertiary/aromatic N) is 1. The second-order valence-electron chi connectivity index (χ2n) is 5.28. The molecule has 15 heavy (non-hydrogen) atoms. The Morgan fingerprint density at radius 3 is 2.93 bits per heavy atom. The first kappa shape index (κ1) is 9.41. The van der Waals surface area contributed by atoms with Crippen molar-refractivity contribution in [2.45, 2.75) is 31.1 Å². The summed E-state index contributed by atoms with van der Waals surface area (Å²) in [6.45, 7) is 2.55. The zero-order valence-corrected chi connectivity index (χ0v) is 9.50. The van der Waals surface area contributed by atoms with Crippen LogP contribution in [-0.2, 0) is 11.8 Å². The molecule has 1 nitrogen and oxygen atoms in total. The van der Waals surface area contributed by atoms with Gasteiger partial charge in [0.05, 0.1) is 0 Å². The van der Waals surface area contributed by atoms with E-state index in [0.717, 1.165) is 0 Å². The van der Waals surface area contributed by atoms with Crippen LogP contribution in [0.25, 0.3) is 0 Å². The average Bonchev–Trinajstić information content (AvgIpc) is 2.59. The highest BCUT2D eigenvalue weighted by Crippen LogP contribution is 2.44. The molecule has 1 heterocycles. The fourth-order valence-corrected chi connectivity index (χ4v) is 3.55. The summed E-state index contributed by atoms with van der Waals surface area (Å²) in [6, 6.07) is 9.07. The Morgan fingerprint density at radius 2 is 2.07 bits per heavy atom. The lowest BCUT2D eigenvalue weighted by atomic mass is 9.75. The molecule has 1 atom stereocenters. The van der Waals surface area contributed by atoms with Gasteiger partial charge in [-0.1, -0.05) is 24.3 Å². The molecule has 1 aliphatic carbocycles. The molecule has 1 fully saturated rings. The maximum Gasteiger partial charge on any atom is 0.00865 e. The van der Waals surface area contributed by atoms with Crippen LogP contribution in [0.4, 0.5) is 0 Å². The van der Waals surface area contributed by atoms with Crippen LogP contribution in [-0.4, -0.2) is 25.0 Å². The highest BCUT2D eigenvalue weighted by Gasteiger charge is 2.40. The number of likely N-dealkylation sites (tertiary alicyclic amines) is 1. The molecule has 0 saturated carbocycles. The van der Waals surface area contributed by atoms with E-state index in [0.29, 0.717) is 5.41 Å². The van der Waals surface area contributed by atoms with E-state index in [1.165, 1.54) is 38.8 Å². The molecular weight excluding hydrogens is 182 g/mol. The molecule has 0 bridgehead atoms. The summed E-state index contributed by atoms with van der Waals surface area (Å²) in [4.78, 5) is 2.51. The topological polar surface area (TPSA) is 3.24 Å². The van der Waals surface area contributed by atoms with E-state index >= 15 is 0 Å². The molecule has 2 aliphatic rings. The normalized spacial score (nSPS) is 30.7. The van der Waals surface area contributed by atoms with Gasteiger partial charge in [-0.05, 0) is 50.4 Å². The lowest BCUT2D eigenvalue weighted by Crippen LogP contribution is -2.42. The van der Waals surface area contributed by atoms with Crippen LogP contribution in [0.1, 0.15) is 30.4 Å². The van der Waals surface area contributed by atoms with E-state index in [9.17, 15) is 0 Å². The lowest BCUT2D eigenvalue weighted by molar-refractivity contribution is 0.175. The molecule has 1 saturated heterocycles. The van der Waals surface area contributed by atoms with Gasteiger partial charge in [0.15, 0.2) is 0 Å². The molecule has 1 spiro atoms. The quantitative estimate of drug-likeness (QED) is 0.623. The van der Waals surface area contributed by atoms with Crippen molar-refractivity contribution in [2.75, 3.05) is 20.1 Å². The van der Waals surface area contributed by atoms with Crippen molar-refractivity contribution in [3.05, 3.63) is 35.4 Å². The Bertz CT molecular complexity index is 367. The van der Waals surface area contributed by atoms with Gasteiger partial charge < -0.3 is 4.90 Å². The van der Waals surface area contributed by atoms with Gasteiger partial charge in [0.2, 0.25) is 0 Å². The molecule has 1 aliphatic heterocycles. The first-order valence-corrected chi connectivity index (χ1v) is 6.07. The summed E-state index contributed by atoms with van der Waals surface area (Å²) in [5.41, 5.74) is 3.76. The van der Waals surface area contributed by atoms with Crippen LogP contribution in [0.15, 0.2) is 24.3 Å². The van der Waals surface area contributed by atoms with Crippen LogP contribution in [0.3, 0.4) is 0 Å². The number of hydrogen-bond acceptors (Lipinski definition) is 1. The van der Waals surface area contributed by atoms with Crippen LogP contribution in [0.5, 0.6) is 0 Å². The first-order valence-electron chi connectivity index (χ1n) is 6.07. The number of hydrogen-bond donors (Lipinski definition) is 0. The van der Waals surface area contributed by atoms with E-state index in [4.69, 9.17) is 0 Å². The van der Waals surface area contributed by atoms with Crippen molar-refractivity contribution >= 4 is 0 Å². The summed E-state index contributed by atoms with van der Waals surface area (Å²) in [5.74, 6) is 0. The largest absolute Gasteiger partial charge is 0.305 e. The number of piperidine rings is 1. The van der Waals surface area contributed by atoms with Crippen molar-refractivity contribution in [2.24, 2.45) is 0 Å². The lowest BCUT2D eigenvalue weighted by Gasteiger charge is -2.39. The molecule has 0 aromatic heterocycles. The number of benzene rings is 1. The predicted octanol–water partition coefficient (Wildman–Crippen LogP) is 2.60. The van der Waals surface area contributed by atoms with Crippen LogP contribution in [0.2, 0.25) is 0 Å². The summed E-state index contributed by atoms with van der Waals surface area (Å²) in [7, 11) is 2.27. The molecule has 3 rings (SSSR count). The third-order valence-corrected chi connectivity index (χ3v) is 4.23. The minimum Gasteiger partial charge on any atom is -0.305 e. The van der Waals surface area contributed by atoms with Gasteiger partial charge in [-0.15, -0.1) is 0 Å². The molecule has 1 aromatic rings. The third kappa shape index (κ3) is 1.41. The standard InChI is InChI=1S/C14H19N/c1-15-10-4-8-14(11-15)9-7-12-5-2-3-6-13(12)14/h2-3,5-6H,4,7-11H2,1H3. The number of likely N-dealkylation sites (N-methyl/N-ethyl adjacent to an activating group) is 1. The Balaban J connectivity index is 2.00. The minimum atomic E-state index is 0.504. The Hall–Kier alpha value is -0.820. The number of rotatable bonds is 0. The monoisotopic (exact) mass is 201 g/mol. The summed E-state index contributed by atoms with van der Waals surface area (Å²) in [5, 5.41) is 0. The van der Waals surface area contributed by atoms with Crippen molar-refractivity contribution < 1.29 is 0 Å². The van der Waals surface area contributed by atoms with Crippen LogP contribution < -0.4 is 0 Å². The fourth-order valence-electron chi connectivity index (χ4n) is 3.55. The van der Waals surface area contributed by atoms with Gasteiger partial charge in [0.25, 0.3) is 0 Å². The number of aryl methyl sites for hydroxylation is 1. The minimum absolute atomic E-state index is 0.504. The SMILES string of the molecule is CN1CCCC2(CCc3ccccc32)C1. The Labute approximate surface area is 92.1 Å². The second kappa shape index (κ2) is 3.34. The molecule has 80 valence electrons. The summed E-state index contributed by atoms with van der Waals surface area (Å²) in [6.07, 6.45) is 5.43. The van der Waals surface area contributed by atoms with Crippen molar-refractivity contribution in [3.8, 4) is 0 Å². The maximum absolute atomic E-state index is 2.51. The highest BCUT2D eigenvalue weighted by atomic mass is 15.1. The summed E-state index contributed by atoms with van der Waals surface area (Å²) < 4.78 is 0. The van der Waals surface area contributed by atoms with Crippen molar-refractivity contribution in [1.82, 2.24) is 4.90 Å². The zero-order chi connectivity index (χ0) is 10.3. The second-order valence-corrected chi connectivity index (χ2v) is 5.28. The van der Waals surface area contributed by atoms with Gasteiger partial charge >= 0.3 is 0 Å². The fraction of sp³-hybridized carbons (Fsp3) is 0.571. The van der Waals surface area contributed by atoms with Crippen molar-refractivity contribution in [3.63, 3.8) is 0 Å². The highest BCUT2D eigenvalue weighted by molar-refractivity contribution is 5.40. The van der Waals surface area contributed by atoms with Crippen molar-refractivity contribution in [1.29, 1.82) is 0 Å². The third-order valence-electron chi connectivity index (χ3n) is 4.23. The predicted molar refractivity (Wildman–Crippen MR) is 63.2 cm³/mol. The Morgan fingerprint density at radius 1 is 1.20 bits per heavy atom. The molecule has 0 amide bonds. The van der Waals surface area contributed by atoms with Gasteiger partial charge in [-0.25, -0.2) is 0 Å². The molecule has 0 N–H and O–H groups in total. The first-order chi connectivity index (χ1) is 7.30. The van der Waals surface area contributed by atoms with E-state index in [1.807, 2.05) is 0 Å². The number of fused-ring (bicyclic) bond motifs is 2. The average molecular weight is 201 g/mol. The molecule has 0 radical (unpaired) electrons. The summed E-state index contributed by atoms with van der Waals surface area (Å²) >= 11 is 0. The van der Waals surface area contributed by atoms with E-state index < -0.39 is 0 Å². The van der Waals surface area contributed by atoms with Crippen LogP contribution in [0, 0.1) is 0 Å². The van der Waals surface area contributed by atoms with Gasteiger partial charge in [0.1, 0.15) is 0 Å². The smallest absolute Gasteiger partial charge is 0.00865 e. The molecule has 1 unspecified atom stereocenters. The zero-order valence-electron chi connectivity index (χ0n) is 9.50. The van der Waals surface area contributed by atoms with Gasteiger partial charge in [-0.2, -0.15) is 0 Å². The van der Waals surface area contributed by atoms with Gasteiger partial charge in [-0.3, -0.25) is 0 Å². The molecule has 1 heteroatoms. The van der Waals surface area contributed by atoms with E-state index in [2.05, 4.69) is 36.2 Å². The van der Waals surface area contributed by atoms with Gasteiger partial charge in [0, 0.05) is 12.0 Å². The van der Waals surface area contributed by atoms with E-state index in [-0.39, 0.29) is 0 Å².